The summed E-state index contributed by atoms with van der Waals surface area (Å²) in [5.41, 5.74) is 1.24. The molecule has 0 aromatic heterocycles. The molecule has 0 aliphatic heterocycles. The van der Waals surface area contributed by atoms with Crippen molar-refractivity contribution in [1.29, 1.82) is 0 Å². The van der Waals surface area contributed by atoms with Crippen LogP contribution in [-0.2, 0) is 6.42 Å². The zero-order valence-corrected chi connectivity index (χ0v) is 12.5. The second kappa shape index (κ2) is 7.23. The molecule has 2 aromatic rings. The number of carbonyl (C=O) groups is 1. The lowest BCUT2D eigenvalue weighted by atomic mass is 10.1. The third-order valence-corrected chi connectivity index (χ3v) is 3.50. The minimum Gasteiger partial charge on any atom is -0.349 e. The number of carbonyl (C=O) groups excluding carboxylic acids is 1. The van der Waals surface area contributed by atoms with Gasteiger partial charge in [0, 0.05) is 11.1 Å². The molecule has 0 saturated carbocycles. The molecule has 0 radical (unpaired) electrons. The van der Waals surface area contributed by atoms with Gasteiger partial charge in [-0.25, -0.2) is 4.39 Å². The number of amides is 1. The van der Waals surface area contributed by atoms with Gasteiger partial charge in [-0.05, 0) is 43.5 Å². The molecule has 110 valence electrons. The average Bonchev–Trinajstić information content (AvgIpc) is 2.46. The summed E-state index contributed by atoms with van der Waals surface area (Å²) in [5, 5.41) is 3.08. The molecule has 1 unspecified atom stereocenters. The lowest BCUT2D eigenvalue weighted by Crippen LogP contribution is -2.33. The van der Waals surface area contributed by atoms with Crippen LogP contribution in [0, 0.1) is 5.82 Å². The van der Waals surface area contributed by atoms with Gasteiger partial charge in [0.15, 0.2) is 0 Å². The maximum absolute atomic E-state index is 13.7. The molecule has 0 heterocycles. The van der Waals surface area contributed by atoms with Crippen LogP contribution in [0.3, 0.4) is 0 Å². The zero-order valence-electron chi connectivity index (χ0n) is 11.8. The molecule has 2 aromatic carbocycles. The van der Waals surface area contributed by atoms with Gasteiger partial charge in [0.2, 0.25) is 0 Å². The lowest BCUT2D eigenvalue weighted by Gasteiger charge is -2.14. The maximum atomic E-state index is 13.7. The summed E-state index contributed by atoms with van der Waals surface area (Å²) in [6, 6.07) is 14.1. The molecule has 0 saturated heterocycles. The monoisotopic (exact) mass is 305 g/mol. The summed E-state index contributed by atoms with van der Waals surface area (Å²) in [6.45, 7) is 1.91. The summed E-state index contributed by atoms with van der Waals surface area (Å²) in [7, 11) is 0. The van der Waals surface area contributed by atoms with Gasteiger partial charge in [-0.3, -0.25) is 4.79 Å². The van der Waals surface area contributed by atoms with Crippen LogP contribution in [0.15, 0.2) is 48.5 Å². The standard InChI is InChI=1S/C17H17ClFNO/c1-12(7-8-13-5-3-2-4-6-13)20-17(21)15-10-9-14(18)11-16(15)19/h2-6,9-12H,7-8H2,1H3,(H,20,21). The largest absolute Gasteiger partial charge is 0.349 e. The van der Waals surface area contributed by atoms with Crippen LogP contribution < -0.4 is 5.32 Å². The Bertz CT molecular complexity index is 615. The third kappa shape index (κ3) is 4.57. The molecule has 1 amide bonds. The highest BCUT2D eigenvalue weighted by Crippen LogP contribution is 2.15. The minimum absolute atomic E-state index is 0.0194. The van der Waals surface area contributed by atoms with Crippen molar-refractivity contribution in [1.82, 2.24) is 5.32 Å². The van der Waals surface area contributed by atoms with E-state index < -0.39 is 11.7 Å². The van der Waals surface area contributed by atoms with E-state index in [-0.39, 0.29) is 16.6 Å². The minimum atomic E-state index is -0.602. The molecule has 0 spiro atoms. The molecule has 2 rings (SSSR count). The second-order valence-corrected chi connectivity index (χ2v) is 5.46. The highest BCUT2D eigenvalue weighted by molar-refractivity contribution is 6.30. The number of hydrogen-bond donors (Lipinski definition) is 1. The predicted molar refractivity (Wildman–Crippen MR) is 83.1 cm³/mol. The average molecular weight is 306 g/mol. The number of rotatable bonds is 5. The Morgan fingerprint density at radius 3 is 2.62 bits per heavy atom. The van der Waals surface area contributed by atoms with Gasteiger partial charge in [0.25, 0.3) is 5.91 Å². The quantitative estimate of drug-likeness (QED) is 0.880. The Hall–Kier alpha value is -1.87. The van der Waals surface area contributed by atoms with E-state index >= 15 is 0 Å². The van der Waals surface area contributed by atoms with Crippen molar-refractivity contribution in [3.05, 3.63) is 70.5 Å². The Balaban J connectivity index is 1.90. The molecule has 0 aliphatic rings. The topological polar surface area (TPSA) is 29.1 Å². The Morgan fingerprint density at radius 1 is 1.24 bits per heavy atom. The molecule has 1 atom stereocenters. The van der Waals surface area contributed by atoms with Gasteiger partial charge in [0.05, 0.1) is 5.56 Å². The number of benzene rings is 2. The molecule has 0 fully saturated rings. The van der Waals surface area contributed by atoms with Crippen molar-refractivity contribution in [2.75, 3.05) is 0 Å². The van der Waals surface area contributed by atoms with Gasteiger partial charge in [0.1, 0.15) is 5.82 Å². The van der Waals surface area contributed by atoms with E-state index in [1.54, 1.807) is 0 Å². The lowest BCUT2D eigenvalue weighted by molar-refractivity contribution is 0.0934. The highest BCUT2D eigenvalue weighted by Gasteiger charge is 2.14. The van der Waals surface area contributed by atoms with Crippen LogP contribution in [-0.4, -0.2) is 11.9 Å². The number of nitrogens with one attached hydrogen (secondary N) is 1. The normalized spacial score (nSPS) is 12.0. The fraction of sp³-hybridized carbons (Fsp3) is 0.235. The molecule has 4 heteroatoms. The fourth-order valence-corrected chi connectivity index (χ4v) is 2.23. The van der Waals surface area contributed by atoms with E-state index in [4.69, 9.17) is 11.6 Å². The van der Waals surface area contributed by atoms with E-state index in [1.807, 2.05) is 37.3 Å². The van der Waals surface area contributed by atoms with Crippen LogP contribution in [0.2, 0.25) is 5.02 Å². The Labute approximate surface area is 128 Å². The maximum Gasteiger partial charge on any atom is 0.254 e. The van der Waals surface area contributed by atoms with Gasteiger partial charge in [-0.1, -0.05) is 41.9 Å². The van der Waals surface area contributed by atoms with Gasteiger partial charge >= 0.3 is 0 Å². The van der Waals surface area contributed by atoms with Crippen molar-refractivity contribution < 1.29 is 9.18 Å². The van der Waals surface area contributed by atoms with Gasteiger partial charge in [-0.2, -0.15) is 0 Å². The van der Waals surface area contributed by atoms with Crippen LogP contribution in [0.25, 0.3) is 0 Å². The molecule has 21 heavy (non-hydrogen) atoms. The van der Waals surface area contributed by atoms with Crippen molar-refractivity contribution in [3.63, 3.8) is 0 Å². The van der Waals surface area contributed by atoms with Gasteiger partial charge in [-0.15, -0.1) is 0 Å². The van der Waals surface area contributed by atoms with Crippen molar-refractivity contribution in [2.45, 2.75) is 25.8 Å². The van der Waals surface area contributed by atoms with E-state index in [0.29, 0.717) is 0 Å². The van der Waals surface area contributed by atoms with Crippen LogP contribution in [0.1, 0.15) is 29.3 Å². The van der Waals surface area contributed by atoms with E-state index in [2.05, 4.69) is 5.32 Å². The molecule has 0 aliphatic carbocycles. The fourth-order valence-electron chi connectivity index (χ4n) is 2.08. The van der Waals surface area contributed by atoms with E-state index in [1.165, 1.54) is 17.7 Å². The first kappa shape index (κ1) is 15.5. The van der Waals surface area contributed by atoms with Crippen LogP contribution in [0.4, 0.5) is 4.39 Å². The number of hydrogen-bond acceptors (Lipinski definition) is 1. The van der Waals surface area contributed by atoms with Crippen LogP contribution >= 0.6 is 11.6 Å². The first-order valence-electron chi connectivity index (χ1n) is 6.86. The second-order valence-electron chi connectivity index (χ2n) is 5.02. The first-order valence-corrected chi connectivity index (χ1v) is 7.24. The molecule has 1 N–H and O–H groups in total. The summed E-state index contributed by atoms with van der Waals surface area (Å²) in [6.07, 6.45) is 1.66. The van der Waals surface area contributed by atoms with Crippen molar-refractivity contribution in [3.8, 4) is 0 Å². The predicted octanol–water partition coefficient (Wildman–Crippen LogP) is 4.23. The van der Waals surface area contributed by atoms with Crippen molar-refractivity contribution in [2.24, 2.45) is 0 Å². The molecule has 2 nitrogen and oxygen atoms in total. The summed E-state index contributed by atoms with van der Waals surface area (Å²) >= 11 is 5.67. The van der Waals surface area contributed by atoms with E-state index in [9.17, 15) is 9.18 Å². The number of aryl methyl sites for hydroxylation is 1. The third-order valence-electron chi connectivity index (χ3n) is 3.26. The molecule has 0 bridgehead atoms. The molecular weight excluding hydrogens is 289 g/mol. The Morgan fingerprint density at radius 2 is 1.95 bits per heavy atom. The Kier molecular flexibility index (Phi) is 5.34. The van der Waals surface area contributed by atoms with Gasteiger partial charge < -0.3 is 5.32 Å². The summed E-state index contributed by atoms with van der Waals surface area (Å²) < 4.78 is 13.7. The number of halogens is 2. The zero-order chi connectivity index (χ0) is 15.2. The van der Waals surface area contributed by atoms with Crippen molar-refractivity contribution >= 4 is 17.5 Å². The molecular formula is C17H17ClFNO. The van der Waals surface area contributed by atoms with Crippen LogP contribution in [0.5, 0.6) is 0 Å². The summed E-state index contributed by atoms with van der Waals surface area (Å²) in [4.78, 5) is 12.0. The smallest absolute Gasteiger partial charge is 0.254 e. The SMILES string of the molecule is CC(CCc1ccccc1)NC(=O)c1ccc(Cl)cc1F. The summed E-state index contributed by atoms with van der Waals surface area (Å²) in [5.74, 6) is -1.01. The first-order chi connectivity index (χ1) is 10.1. The highest BCUT2D eigenvalue weighted by atomic mass is 35.5. The van der Waals surface area contributed by atoms with E-state index in [0.717, 1.165) is 18.9 Å².